The zero-order valence-corrected chi connectivity index (χ0v) is 16.6. The van der Waals surface area contributed by atoms with Crippen LogP contribution in [-0.2, 0) is 10.2 Å². The van der Waals surface area contributed by atoms with E-state index in [0.717, 1.165) is 10.6 Å². The van der Waals surface area contributed by atoms with Gasteiger partial charge in [-0.15, -0.1) is 0 Å². The summed E-state index contributed by atoms with van der Waals surface area (Å²) in [5.74, 6) is -0.496. The van der Waals surface area contributed by atoms with Crippen LogP contribution in [0.1, 0.15) is 50.0 Å². The summed E-state index contributed by atoms with van der Waals surface area (Å²) >= 11 is 0. The second-order valence-electron chi connectivity index (χ2n) is 8.19. The van der Waals surface area contributed by atoms with Gasteiger partial charge in [-0.2, -0.15) is 5.01 Å². The third kappa shape index (κ3) is 3.47. The van der Waals surface area contributed by atoms with Crippen LogP contribution < -0.4 is 5.43 Å². The molecule has 2 aromatic carbocycles. The van der Waals surface area contributed by atoms with Gasteiger partial charge in [-0.1, -0.05) is 62.4 Å². The van der Waals surface area contributed by atoms with E-state index in [-0.39, 0.29) is 5.41 Å². The van der Waals surface area contributed by atoms with Crippen molar-refractivity contribution in [3.63, 3.8) is 0 Å². The summed E-state index contributed by atoms with van der Waals surface area (Å²) in [6.07, 6.45) is -0.430. The van der Waals surface area contributed by atoms with Crippen molar-refractivity contribution in [2.45, 2.75) is 50.9 Å². The summed E-state index contributed by atoms with van der Waals surface area (Å²) in [4.78, 5) is 25.0. The normalized spacial score (nSPS) is 24.8. The maximum absolute atomic E-state index is 12.5. The number of amides is 2. The van der Waals surface area contributed by atoms with Crippen LogP contribution in [-0.4, -0.2) is 33.4 Å². The standard InChI is InChI=1S/C22H26N2O4/c1-20(2,17-13-9-6-10-14-17)15-21(3)22(4,27)24(19(26)28-21)23-18(25)16-11-7-5-8-12-16/h5-14,27H,15H2,1-4H3,(H,23,25). The molecule has 28 heavy (non-hydrogen) atoms. The summed E-state index contributed by atoms with van der Waals surface area (Å²) in [6, 6.07) is 18.3. The number of carbonyl (C=O) groups excluding carboxylic acids is 2. The van der Waals surface area contributed by atoms with Crippen molar-refractivity contribution in [1.82, 2.24) is 10.4 Å². The lowest BCUT2D eigenvalue weighted by atomic mass is 9.73. The fourth-order valence-electron chi connectivity index (χ4n) is 3.70. The van der Waals surface area contributed by atoms with E-state index in [2.05, 4.69) is 5.43 Å². The second-order valence-corrected chi connectivity index (χ2v) is 8.19. The molecule has 2 aromatic rings. The van der Waals surface area contributed by atoms with Crippen LogP contribution >= 0.6 is 0 Å². The van der Waals surface area contributed by atoms with Crippen molar-refractivity contribution in [2.24, 2.45) is 0 Å². The number of aliphatic hydroxyl groups is 1. The van der Waals surface area contributed by atoms with E-state index in [1.54, 1.807) is 37.3 Å². The highest BCUT2D eigenvalue weighted by atomic mass is 16.6. The van der Waals surface area contributed by atoms with Crippen LogP contribution in [0.4, 0.5) is 4.79 Å². The van der Waals surface area contributed by atoms with Gasteiger partial charge in [0.15, 0.2) is 11.3 Å². The fourth-order valence-corrected chi connectivity index (χ4v) is 3.70. The SMILES string of the molecule is CC(C)(CC1(C)OC(=O)N(NC(=O)c2ccccc2)C1(C)O)c1ccccc1. The maximum atomic E-state index is 12.5. The van der Waals surface area contributed by atoms with E-state index in [4.69, 9.17) is 4.74 Å². The minimum Gasteiger partial charge on any atom is -0.437 e. The van der Waals surface area contributed by atoms with Crippen molar-refractivity contribution in [3.8, 4) is 0 Å². The fraction of sp³-hybridized carbons (Fsp3) is 0.364. The van der Waals surface area contributed by atoms with Crippen LogP contribution in [0.5, 0.6) is 0 Å². The van der Waals surface area contributed by atoms with E-state index >= 15 is 0 Å². The minimum atomic E-state index is -1.74. The zero-order valence-electron chi connectivity index (χ0n) is 16.6. The molecular formula is C22H26N2O4. The van der Waals surface area contributed by atoms with Crippen molar-refractivity contribution < 1.29 is 19.4 Å². The summed E-state index contributed by atoms with van der Waals surface area (Å²) in [7, 11) is 0. The summed E-state index contributed by atoms with van der Waals surface area (Å²) in [5, 5.41) is 12.1. The van der Waals surface area contributed by atoms with Gasteiger partial charge in [0.2, 0.25) is 0 Å². The van der Waals surface area contributed by atoms with Crippen molar-refractivity contribution >= 4 is 12.0 Å². The molecule has 1 heterocycles. The number of hydrazine groups is 1. The summed E-state index contributed by atoms with van der Waals surface area (Å²) in [6.45, 7) is 7.22. The molecule has 1 aliphatic rings. The maximum Gasteiger partial charge on any atom is 0.432 e. The molecule has 6 nitrogen and oxygen atoms in total. The molecule has 1 aliphatic heterocycles. The Hall–Kier alpha value is -2.86. The van der Waals surface area contributed by atoms with Gasteiger partial charge in [-0.25, -0.2) is 4.79 Å². The van der Waals surface area contributed by atoms with Gasteiger partial charge in [0.1, 0.15) is 0 Å². The van der Waals surface area contributed by atoms with Gasteiger partial charge >= 0.3 is 6.09 Å². The van der Waals surface area contributed by atoms with Gasteiger partial charge in [-0.3, -0.25) is 10.2 Å². The third-order valence-corrected chi connectivity index (χ3v) is 5.52. The Labute approximate surface area is 165 Å². The Morgan fingerprint density at radius 2 is 1.61 bits per heavy atom. The van der Waals surface area contributed by atoms with Crippen molar-refractivity contribution in [2.75, 3.05) is 0 Å². The number of cyclic esters (lactones) is 1. The molecule has 2 atom stereocenters. The first-order valence-electron chi connectivity index (χ1n) is 9.24. The number of ether oxygens (including phenoxy) is 1. The average molecular weight is 382 g/mol. The number of benzene rings is 2. The molecule has 0 aliphatic carbocycles. The van der Waals surface area contributed by atoms with E-state index in [1.807, 2.05) is 44.2 Å². The summed E-state index contributed by atoms with van der Waals surface area (Å²) < 4.78 is 5.59. The lowest BCUT2D eigenvalue weighted by molar-refractivity contribution is -0.153. The highest BCUT2D eigenvalue weighted by Crippen LogP contribution is 2.44. The average Bonchev–Trinajstić information content (AvgIpc) is 2.81. The number of carbonyl (C=O) groups is 2. The van der Waals surface area contributed by atoms with E-state index < -0.39 is 23.3 Å². The van der Waals surface area contributed by atoms with E-state index in [0.29, 0.717) is 12.0 Å². The molecule has 1 fully saturated rings. The lowest BCUT2D eigenvalue weighted by Gasteiger charge is -2.41. The number of rotatable bonds is 5. The molecule has 2 unspecified atom stereocenters. The van der Waals surface area contributed by atoms with Gasteiger partial charge in [-0.05, 0) is 37.0 Å². The zero-order chi connectivity index (χ0) is 20.6. The van der Waals surface area contributed by atoms with Gasteiger partial charge in [0, 0.05) is 12.0 Å². The molecule has 3 rings (SSSR count). The van der Waals surface area contributed by atoms with Crippen LogP contribution in [0.25, 0.3) is 0 Å². The molecule has 2 amide bonds. The predicted octanol–water partition coefficient (Wildman–Crippen LogP) is 3.62. The molecular weight excluding hydrogens is 356 g/mol. The quantitative estimate of drug-likeness (QED) is 0.828. The van der Waals surface area contributed by atoms with Gasteiger partial charge in [0.05, 0.1) is 0 Å². The monoisotopic (exact) mass is 382 g/mol. The Morgan fingerprint density at radius 1 is 1.07 bits per heavy atom. The van der Waals surface area contributed by atoms with Crippen molar-refractivity contribution in [3.05, 3.63) is 71.8 Å². The summed E-state index contributed by atoms with van der Waals surface area (Å²) in [5.41, 5.74) is 0.590. The predicted molar refractivity (Wildman–Crippen MR) is 105 cm³/mol. The lowest BCUT2D eigenvalue weighted by Crippen LogP contribution is -2.61. The molecule has 0 bridgehead atoms. The highest BCUT2D eigenvalue weighted by Gasteiger charge is 2.61. The second kappa shape index (κ2) is 6.95. The van der Waals surface area contributed by atoms with Gasteiger partial charge < -0.3 is 9.84 Å². The molecule has 6 heteroatoms. The van der Waals surface area contributed by atoms with Crippen LogP contribution in [0.2, 0.25) is 0 Å². The van der Waals surface area contributed by atoms with Gasteiger partial charge in [0.25, 0.3) is 5.91 Å². The highest BCUT2D eigenvalue weighted by molar-refractivity contribution is 5.95. The molecule has 0 saturated carbocycles. The molecule has 2 N–H and O–H groups in total. The first-order valence-corrected chi connectivity index (χ1v) is 9.24. The third-order valence-electron chi connectivity index (χ3n) is 5.52. The number of nitrogens with one attached hydrogen (secondary N) is 1. The van der Waals surface area contributed by atoms with E-state index in [1.165, 1.54) is 6.92 Å². The number of nitrogens with zero attached hydrogens (tertiary/aromatic N) is 1. The van der Waals surface area contributed by atoms with Crippen LogP contribution in [0, 0.1) is 0 Å². The smallest absolute Gasteiger partial charge is 0.432 e. The molecule has 0 radical (unpaired) electrons. The Morgan fingerprint density at radius 3 is 2.18 bits per heavy atom. The molecule has 148 valence electrons. The Bertz CT molecular complexity index is 865. The number of hydrogen-bond acceptors (Lipinski definition) is 4. The van der Waals surface area contributed by atoms with Crippen LogP contribution in [0.15, 0.2) is 60.7 Å². The van der Waals surface area contributed by atoms with E-state index in [9.17, 15) is 14.7 Å². The van der Waals surface area contributed by atoms with Crippen LogP contribution in [0.3, 0.4) is 0 Å². The minimum absolute atomic E-state index is 0.362. The Kier molecular flexibility index (Phi) is 4.93. The molecule has 0 spiro atoms. The molecule has 0 aromatic heterocycles. The van der Waals surface area contributed by atoms with Crippen molar-refractivity contribution in [1.29, 1.82) is 0 Å². The number of hydrogen-bond donors (Lipinski definition) is 2. The topological polar surface area (TPSA) is 78.9 Å². The molecule has 1 saturated heterocycles. The Balaban J connectivity index is 1.84. The first kappa shape index (κ1) is 19.9. The first-order chi connectivity index (χ1) is 13.1. The largest absolute Gasteiger partial charge is 0.437 e.